The minimum atomic E-state index is -0.632. The molecular formula is C21H22FN3O4Si. The highest BCUT2D eigenvalue weighted by molar-refractivity contribution is 6.18. The van der Waals surface area contributed by atoms with Crippen molar-refractivity contribution in [3.05, 3.63) is 59.9 Å². The quantitative estimate of drug-likeness (QED) is 0.533. The summed E-state index contributed by atoms with van der Waals surface area (Å²) in [6.07, 6.45) is 1.25. The Hall–Kier alpha value is -3.04. The first-order valence-corrected chi connectivity index (χ1v) is 10.7. The maximum atomic E-state index is 13.0. The van der Waals surface area contributed by atoms with Crippen molar-refractivity contribution in [2.45, 2.75) is 5.22 Å². The zero-order valence-corrected chi connectivity index (χ0v) is 18.6. The molecule has 2 saturated heterocycles. The van der Waals surface area contributed by atoms with Crippen LogP contribution in [0.15, 0.2) is 53.5 Å². The number of aliphatic imine (C=N–C) groups is 1. The third kappa shape index (κ3) is 4.42. The van der Waals surface area contributed by atoms with Crippen LogP contribution in [0.5, 0.6) is 0 Å². The molecule has 4 rings (SSSR count). The molecule has 156 valence electrons. The van der Waals surface area contributed by atoms with Gasteiger partial charge in [0, 0.05) is 24.1 Å². The average molecular weight is 428 g/mol. The summed E-state index contributed by atoms with van der Waals surface area (Å²) >= 11 is 0. The Morgan fingerprint density at radius 1 is 1.07 bits per heavy atom. The topological polar surface area (TPSA) is 71.4 Å². The van der Waals surface area contributed by atoms with Crippen LogP contribution < -0.4 is 9.80 Å². The summed E-state index contributed by atoms with van der Waals surface area (Å²) in [5.74, 6) is -0.372. The van der Waals surface area contributed by atoms with Gasteiger partial charge in [-0.1, -0.05) is 12.1 Å². The van der Waals surface area contributed by atoms with Crippen LogP contribution in [0.4, 0.5) is 20.6 Å². The second kappa shape index (κ2) is 8.37. The van der Waals surface area contributed by atoms with Gasteiger partial charge in [0.15, 0.2) is 0 Å². The van der Waals surface area contributed by atoms with Gasteiger partial charge < -0.3 is 14.4 Å². The molecule has 2 fully saturated rings. The van der Waals surface area contributed by atoms with E-state index in [-0.39, 0.29) is 18.3 Å². The Balaban J connectivity index is 1.41. The third-order valence-corrected chi connectivity index (χ3v) is 5.88. The highest BCUT2D eigenvalue weighted by Gasteiger charge is 2.41. The van der Waals surface area contributed by atoms with E-state index in [1.165, 1.54) is 12.1 Å². The predicted octanol–water partition coefficient (Wildman–Crippen LogP) is 1.33. The first-order chi connectivity index (χ1) is 14.4. The molecule has 0 radical (unpaired) electrons. The second-order valence-electron chi connectivity index (χ2n) is 7.54. The fourth-order valence-electron chi connectivity index (χ4n) is 3.47. The monoisotopic (exact) mass is 427 g/mol. The number of anilines is 2. The van der Waals surface area contributed by atoms with E-state index in [1.807, 2.05) is 24.3 Å². The van der Waals surface area contributed by atoms with E-state index in [0.29, 0.717) is 42.2 Å². The molecule has 30 heavy (non-hydrogen) atoms. The van der Waals surface area contributed by atoms with E-state index in [1.54, 1.807) is 28.1 Å². The van der Waals surface area contributed by atoms with Crippen molar-refractivity contribution >= 4 is 39.8 Å². The van der Waals surface area contributed by atoms with E-state index in [0.717, 1.165) is 11.3 Å². The van der Waals surface area contributed by atoms with Crippen LogP contribution in [0, 0.1) is 5.82 Å². The van der Waals surface area contributed by atoms with Crippen molar-refractivity contribution in [1.29, 1.82) is 0 Å². The summed E-state index contributed by atoms with van der Waals surface area (Å²) < 4.78 is 23.8. The molecule has 0 aromatic heterocycles. The largest absolute Gasteiger partial charge is 0.444 e. The number of ether oxygens (including phenoxy) is 2. The molecule has 0 bridgehead atoms. The normalized spacial score (nSPS) is 22.2. The van der Waals surface area contributed by atoms with Crippen LogP contribution in [0.1, 0.15) is 5.56 Å². The zero-order valence-electron chi connectivity index (χ0n) is 16.6. The highest BCUT2D eigenvalue weighted by Crippen LogP contribution is 2.28. The molecule has 2 aliphatic rings. The Morgan fingerprint density at radius 2 is 1.73 bits per heavy atom. The summed E-state index contributed by atoms with van der Waals surface area (Å²) in [5, 5.41) is -0.632. The average Bonchev–Trinajstić information content (AvgIpc) is 3.04. The summed E-state index contributed by atoms with van der Waals surface area (Å²) in [6, 6.07) is 13.3. The fraction of sp³-hybridized carbons (Fsp3) is 0.286. The summed E-state index contributed by atoms with van der Waals surface area (Å²) in [4.78, 5) is 32.1. The lowest BCUT2D eigenvalue weighted by molar-refractivity contribution is -0.125. The van der Waals surface area contributed by atoms with Gasteiger partial charge in [0.2, 0.25) is 0 Å². The molecule has 2 aromatic carbocycles. The first kappa shape index (κ1) is 20.2. The first-order valence-electron chi connectivity index (χ1n) is 9.68. The molecule has 0 N–H and O–H groups in total. The molecule has 0 aliphatic carbocycles. The summed E-state index contributed by atoms with van der Waals surface area (Å²) in [6.45, 7) is 1.86. The Kier molecular flexibility index (Phi) is 5.64. The molecule has 2 aromatic rings. The predicted molar refractivity (Wildman–Crippen MR) is 115 cm³/mol. The van der Waals surface area contributed by atoms with Crippen molar-refractivity contribution < 1.29 is 23.5 Å². The number of halogens is 1. The van der Waals surface area contributed by atoms with Crippen LogP contribution >= 0.6 is 0 Å². The number of hydrogen-bond donors (Lipinski definition) is 0. The maximum Gasteiger partial charge on any atom is 0.414 e. The van der Waals surface area contributed by atoms with E-state index in [4.69, 9.17) is 9.47 Å². The van der Waals surface area contributed by atoms with Gasteiger partial charge >= 0.3 is 6.09 Å². The summed E-state index contributed by atoms with van der Waals surface area (Å²) in [7, 11) is 0.611. The Bertz CT molecular complexity index is 967. The molecule has 1 atom stereocenters. The molecule has 7 nitrogen and oxygen atoms in total. The van der Waals surface area contributed by atoms with E-state index in [9.17, 15) is 14.0 Å². The second-order valence-corrected chi connectivity index (χ2v) is 9.36. The lowest BCUT2D eigenvalue weighted by Gasteiger charge is -2.27. The van der Waals surface area contributed by atoms with Gasteiger partial charge in [-0.25, -0.2) is 9.18 Å². The lowest BCUT2D eigenvalue weighted by atomic mass is 10.2. The fourth-order valence-corrected chi connectivity index (χ4v) is 4.15. The van der Waals surface area contributed by atoms with Gasteiger partial charge in [0.25, 0.3) is 5.91 Å². The molecule has 9 heteroatoms. The number of carbonyl (C=O) groups excluding carboxylic acids is 2. The van der Waals surface area contributed by atoms with Crippen LogP contribution in [-0.2, 0) is 14.3 Å². The van der Waals surface area contributed by atoms with Gasteiger partial charge in [0.1, 0.15) is 17.6 Å². The zero-order chi connectivity index (χ0) is 21.1. The minimum absolute atomic E-state index is 0.0767. The molecule has 0 saturated carbocycles. The van der Waals surface area contributed by atoms with Crippen LogP contribution in [0.3, 0.4) is 0 Å². The molecule has 0 spiro atoms. The van der Waals surface area contributed by atoms with Gasteiger partial charge in [-0.05, 0) is 42.0 Å². The lowest BCUT2D eigenvalue weighted by Crippen LogP contribution is -2.41. The van der Waals surface area contributed by atoms with Crippen molar-refractivity contribution in [2.24, 2.45) is 4.99 Å². The van der Waals surface area contributed by atoms with Crippen LogP contribution in [0.2, 0.25) is 0 Å². The smallest absolute Gasteiger partial charge is 0.414 e. The number of hydrogen-bond acceptors (Lipinski definition) is 5. The highest BCUT2D eigenvalue weighted by atomic mass is 28.1. The molecule has 1 unspecified atom stereocenters. The number of benzene rings is 2. The van der Waals surface area contributed by atoms with Crippen LogP contribution in [0.25, 0.3) is 0 Å². The maximum absolute atomic E-state index is 13.0. The Labute approximate surface area is 176 Å². The standard InChI is InChI=1S/C21H22FN3O4Si/c22-16-3-1-15(2-4-16)11-23-13-21(30)14-25(20(27)29-21)18-7-5-17(6-8-18)24-9-10-28-12-19(24)26/h1-8,11H,9-10,12-14H2,30H3. The van der Waals surface area contributed by atoms with E-state index in [2.05, 4.69) is 4.99 Å². The van der Waals surface area contributed by atoms with Gasteiger partial charge in [0.05, 0.1) is 29.9 Å². The van der Waals surface area contributed by atoms with Gasteiger partial charge in [-0.2, -0.15) is 0 Å². The van der Waals surface area contributed by atoms with Gasteiger partial charge in [-0.3, -0.25) is 14.7 Å². The number of carbonyl (C=O) groups is 2. The SMILES string of the molecule is O=C1COCCN1c1ccc(N2CC([SiH3])(CN=Cc3ccc(F)cc3)OC2=O)cc1. The third-order valence-electron chi connectivity index (χ3n) is 5.04. The minimum Gasteiger partial charge on any atom is -0.444 e. The van der Waals surface area contributed by atoms with Crippen molar-refractivity contribution in [3.63, 3.8) is 0 Å². The molecular weight excluding hydrogens is 405 g/mol. The molecule has 2 aliphatic heterocycles. The number of nitrogens with zero attached hydrogens (tertiary/aromatic N) is 3. The number of cyclic esters (lactones) is 1. The van der Waals surface area contributed by atoms with E-state index >= 15 is 0 Å². The molecule has 2 amide bonds. The van der Waals surface area contributed by atoms with Crippen molar-refractivity contribution in [2.75, 3.05) is 42.6 Å². The van der Waals surface area contributed by atoms with E-state index < -0.39 is 11.3 Å². The number of morpholine rings is 1. The number of rotatable bonds is 5. The Morgan fingerprint density at radius 3 is 2.40 bits per heavy atom. The van der Waals surface area contributed by atoms with Crippen LogP contribution in [-0.4, -0.2) is 66.5 Å². The summed E-state index contributed by atoms with van der Waals surface area (Å²) in [5.41, 5.74) is 2.28. The van der Waals surface area contributed by atoms with Crippen molar-refractivity contribution in [3.8, 4) is 0 Å². The molecule has 2 heterocycles. The number of amides is 2. The van der Waals surface area contributed by atoms with Crippen molar-refractivity contribution in [1.82, 2.24) is 0 Å². The van der Waals surface area contributed by atoms with Gasteiger partial charge in [-0.15, -0.1) is 0 Å².